The van der Waals surface area contributed by atoms with Crippen molar-refractivity contribution in [3.8, 4) is 0 Å². The highest BCUT2D eigenvalue weighted by Crippen LogP contribution is 2.21. The minimum absolute atomic E-state index is 0.00896. The third-order valence-corrected chi connectivity index (χ3v) is 4.42. The normalized spacial score (nSPS) is 17.5. The minimum atomic E-state index is -0.00896. The second-order valence-corrected chi connectivity index (χ2v) is 6.03. The van der Waals surface area contributed by atoms with Crippen molar-refractivity contribution in [1.82, 2.24) is 20.1 Å². The highest BCUT2D eigenvalue weighted by Gasteiger charge is 2.27. The minimum Gasteiger partial charge on any atom is -0.363 e. The number of hydrogen-bond acceptors (Lipinski definition) is 5. The Bertz CT molecular complexity index is 659. The van der Waals surface area contributed by atoms with Crippen molar-refractivity contribution in [3.63, 3.8) is 0 Å². The van der Waals surface area contributed by atoms with Gasteiger partial charge in [0.2, 0.25) is 0 Å². The zero-order valence-electron chi connectivity index (χ0n) is 14.0. The van der Waals surface area contributed by atoms with Gasteiger partial charge in [0.05, 0.1) is 12.2 Å². The van der Waals surface area contributed by atoms with Crippen molar-refractivity contribution in [2.45, 2.75) is 45.2 Å². The maximum Gasteiger partial charge on any atom is 0.274 e. The van der Waals surface area contributed by atoms with Crippen LogP contribution in [0.5, 0.6) is 0 Å². The summed E-state index contributed by atoms with van der Waals surface area (Å²) in [6.07, 6.45) is 6.10. The molecule has 1 fully saturated rings. The molecule has 1 amide bonds. The number of aromatic nitrogens is 3. The van der Waals surface area contributed by atoms with Gasteiger partial charge in [-0.05, 0) is 49.9 Å². The third kappa shape index (κ3) is 3.88. The van der Waals surface area contributed by atoms with E-state index in [0.29, 0.717) is 24.1 Å². The molecule has 2 aromatic rings. The topological polar surface area (TPSA) is 71.0 Å². The van der Waals surface area contributed by atoms with Crippen LogP contribution >= 0.6 is 0 Å². The van der Waals surface area contributed by atoms with E-state index in [1.54, 1.807) is 18.3 Å². The third-order valence-electron chi connectivity index (χ3n) is 4.42. The Morgan fingerprint density at radius 3 is 2.88 bits per heavy atom. The smallest absolute Gasteiger partial charge is 0.274 e. The SMILES string of the molecule is CCC1CCCCN1C(=O)c1ccc(NCc2ccccn2)nn1. The van der Waals surface area contributed by atoms with E-state index in [-0.39, 0.29) is 5.91 Å². The van der Waals surface area contributed by atoms with Crippen LogP contribution in [-0.4, -0.2) is 38.6 Å². The maximum absolute atomic E-state index is 12.7. The van der Waals surface area contributed by atoms with E-state index >= 15 is 0 Å². The molecule has 1 aliphatic heterocycles. The molecule has 1 saturated heterocycles. The molecular formula is C18H23N5O. The number of carbonyl (C=O) groups excluding carboxylic acids is 1. The summed E-state index contributed by atoms with van der Waals surface area (Å²) in [5.41, 5.74) is 1.34. The zero-order chi connectivity index (χ0) is 16.8. The number of anilines is 1. The summed E-state index contributed by atoms with van der Waals surface area (Å²) in [6.45, 7) is 3.53. The number of nitrogens with zero attached hydrogens (tertiary/aromatic N) is 4. The fraction of sp³-hybridized carbons (Fsp3) is 0.444. The highest BCUT2D eigenvalue weighted by molar-refractivity contribution is 5.92. The quantitative estimate of drug-likeness (QED) is 0.915. The Kier molecular flexibility index (Phi) is 5.36. The predicted octanol–water partition coefficient (Wildman–Crippen LogP) is 2.89. The molecule has 24 heavy (non-hydrogen) atoms. The van der Waals surface area contributed by atoms with Crippen LogP contribution in [0.1, 0.15) is 48.8 Å². The van der Waals surface area contributed by atoms with Crippen LogP contribution in [-0.2, 0) is 6.54 Å². The summed E-state index contributed by atoms with van der Waals surface area (Å²) in [5, 5.41) is 11.4. The first kappa shape index (κ1) is 16.4. The fourth-order valence-electron chi connectivity index (χ4n) is 3.06. The Morgan fingerprint density at radius 1 is 1.25 bits per heavy atom. The molecule has 2 aromatic heterocycles. The first-order chi connectivity index (χ1) is 11.8. The van der Waals surface area contributed by atoms with Crippen molar-refractivity contribution in [2.24, 2.45) is 0 Å². The molecule has 3 rings (SSSR count). The number of piperidine rings is 1. The van der Waals surface area contributed by atoms with Gasteiger partial charge in [-0.2, -0.15) is 0 Å². The van der Waals surface area contributed by atoms with Gasteiger partial charge in [-0.3, -0.25) is 9.78 Å². The molecular weight excluding hydrogens is 302 g/mol. The second-order valence-electron chi connectivity index (χ2n) is 6.03. The van der Waals surface area contributed by atoms with Gasteiger partial charge in [-0.25, -0.2) is 0 Å². The van der Waals surface area contributed by atoms with E-state index < -0.39 is 0 Å². The molecule has 1 aliphatic rings. The van der Waals surface area contributed by atoms with Gasteiger partial charge in [0.25, 0.3) is 5.91 Å². The van der Waals surface area contributed by atoms with Crippen molar-refractivity contribution in [3.05, 3.63) is 47.9 Å². The molecule has 0 radical (unpaired) electrons. The van der Waals surface area contributed by atoms with Crippen molar-refractivity contribution < 1.29 is 4.79 Å². The van der Waals surface area contributed by atoms with Crippen LogP contribution in [0.4, 0.5) is 5.82 Å². The lowest BCUT2D eigenvalue weighted by atomic mass is 9.99. The van der Waals surface area contributed by atoms with Crippen LogP contribution in [0.15, 0.2) is 36.5 Å². The summed E-state index contributed by atoms with van der Waals surface area (Å²) in [6, 6.07) is 9.65. The van der Waals surface area contributed by atoms with Crippen molar-refractivity contribution >= 4 is 11.7 Å². The van der Waals surface area contributed by atoms with Gasteiger partial charge < -0.3 is 10.2 Å². The summed E-state index contributed by atoms with van der Waals surface area (Å²) in [5.74, 6) is 0.633. The van der Waals surface area contributed by atoms with Crippen molar-refractivity contribution in [1.29, 1.82) is 0 Å². The average Bonchev–Trinajstić information content (AvgIpc) is 2.67. The van der Waals surface area contributed by atoms with E-state index in [1.165, 1.54) is 6.42 Å². The molecule has 0 spiro atoms. The van der Waals surface area contributed by atoms with Gasteiger partial charge in [-0.15, -0.1) is 10.2 Å². The number of rotatable bonds is 5. The Morgan fingerprint density at radius 2 is 2.17 bits per heavy atom. The van der Waals surface area contributed by atoms with E-state index in [0.717, 1.165) is 31.5 Å². The summed E-state index contributed by atoms with van der Waals surface area (Å²) in [4.78, 5) is 18.9. The van der Waals surface area contributed by atoms with Crippen LogP contribution in [0.25, 0.3) is 0 Å². The lowest BCUT2D eigenvalue weighted by Gasteiger charge is -2.34. The van der Waals surface area contributed by atoms with Crippen LogP contribution in [0.3, 0.4) is 0 Å². The van der Waals surface area contributed by atoms with Crippen LogP contribution in [0, 0.1) is 0 Å². The number of likely N-dealkylation sites (tertiary alicyclic amines) is 1. The van der Waals surface area contributed by atoms with E-state index in [4.69, 9.17) is 0 Å². The molecule has 6 nitrogen and oxygen atoms in total. The number of hydrogen-bond donors (Lipinski definition) is 1. The van der Waals surface area contributed by atoms with Crippen LogP contribution in [0.2, 0.25) is 0 Å². The van der Waals surface area contributed by atoms with Gasteiger partial charge >= 0.3 is 0 Å². The summed E-state index contributed by atoms with van der Waals surface area (Å²) >= 11 is 0. The summed E-state index contributed by atoms with van der Waals surface area (Å²) < 4.78 is 0. The standard InChI is InChI=1S/C18H23N5O/c1-2-15-8-4-6-12-23(15)18(24)16-9-10-17(22-21-16)20-13-14-7-3-5-11-19-14/h3,5,7,9-11,15H,2,4,6,8,12-13H2,1H3,(H,20,22). The molecule has 0 aromatic carbocycles. The number of pyridine rings is 1. The molecule has 126 valence electrons. The lowest BCUT2D eigenvalue weighted by molar-refractivity contribution is 0.0601. The average molecular weight is 325 g/mol. The molecule has 1 atom stereocenters. The predicted molar refractivity (Wildman–Crippen MR) is 92.6 cm³/mol. The van der Waals surface area contributed by atoms with Crippen molar-refractivity contribution in [2.75, 3.05) is 11.9 Å². The monoisotopic (exact) mass is 325 g/mol. The number of carbonyl (C=O) groups is 1. The van der Waals surface area contributed by atoms with Crippen LogP contribution < -0.4 is 5.32 Å². The van der Waals surface area contributed by atoms with Gasteiger partial charge in [-0.1, -0.05) is 13.0 Å². The van der Waals surface area contributed by atoms with Gasteiger partial charge in [0.15, 0.2) is 5.69 Å². The van der Waals surface area contributed by atoms with E-state index in [9.17, 15) is 4.79 Å². The van der Waals surface area contributed by atoms with E-state index in [1.807, 2.05) is 23.1 Å². The lowest BCUT2D eigenvalue weighted by Crippen LogP contribution is -2.43. The Labute approximate surface area is 142 Å². The molecule has 3 heterocycles. The van der Waals surface area contributed by atoms with E-state index in [2.05, 4.69) is 27.4 Å². The molecule has 6 heteroatoms. The Balaban J connectivity index is 1.62. The fourth-order valence-corrected chi connectivity index (χ4v) is 3.06. The molecule has 1 unspecified atom stereocenters. The maximum atomic E-state index is 12.7. The molecule has 0 saturated carbocycles. The summed E-state index contributed by atoms with van der Waals surface area (Å²) in [7, 11) is 0. The first-order valence-corrected chi connectivity index (χ1v) is 8.56. The van der Waals surface area contributed by atoms with Gasteiger partial charge in [0, 0.05) is 18.8 Å². The number of nitrogens with one attached hydrogen (secondary N) is 1. The molecule has 0 bridgehead atoms. The number of amides is 1. The second kappa shape index (κ2) is 7.86. The Hall–Kier alpha value is -2.50. The largest absolute Gasteiger partial charge is 0.363 e. The first-order valence-electron chi connectivity index (χ1n) is 8.56. The highest BCUT2D eigenvalue weighted by atomic mass is 16.2. The molecule has 1 N–H and O–H groups in total. The zero-order valence-corrected chi connectivity index (χ0v) is 14.0. The molecule has 0 aliphatic carbocycles. The van der Waals surface area contributed by atoms with Gasteiger partial charge in [0.1, 0.15) is 5.82 Å².